The molecule has 102 valence electrons. The Bertz CT molecular complexity index is 332. The van der Waals surface area contributed by atoms with E-state index < -0.39 is 0 Å². The molecule has 1 aliphatic rings. The molecular formula is C14H25N3O. The third-order valence-corrected chi connectivity index (χ3v) is 3.64. The van der Waals surface area contributed by atoms with E-state index in [2.05, 4.69) is 14.9 Å². The second-order valence-electron chi connectivity index (χ2n) is 5.05. The van der Waals surface area contributed by atoms with Crippen LogP contribution in [-0.4, -0.2) is 35.4 Å². The summed E-state index contributed by atoms with van der Waals surface area (Å²) in [6.07, 6.45) is 11.0. The molecule has 0 spiro atoms. The van der Waals surface area contributed by atoms with Crippen LogP contribution in [0.3, 0.4) is 0 Å². The van der Waals surface area contributed by atoms with Crippen LogP contribution in [0, 0.1) is 6.92 Å². The number of nitrogens with one attached hydrogen (secondary N) is 1. The zero-order valence-corrected chi connectivity index (χ0v) is 11.4. The fourth-order valence-electron chi connectivity index (χ4n) is 2.49. The maximum Gasteiger partial charge on any atom is 0.105 e. The maximum absolute atomic E-state index is 5.86. The molecule has 18 heavy (non-hydrogen) atoms. The van der Waals surface area contributed by atoms with Crippen LogP contribution in [0.2, 0.25) is 0 Å². The third-order valence-electron chi connectivity index (χ3n) is 3.64. The fraction of sp³-hybridized carbons (Fsp3) is 0.786. The van der Waals surface area contributed by atoms with E-state index in [1.807, 2.05) is 19.3 Å². The van der Waals surface area contributed by atoms with Gasteiger partial charge in [-0.2, -0.15) is 0 Å². The molecule has 1 aromatic rings. The molecule has 0 amide bonds. The zero-order chi connectivity index (χ0) is 12.6. The highest BCUT2D eigenvalue weighted by Gasteiger charge is 2.12. The minimum Gasteiger partial charge on any atom is -0.377 e. The van der Waals surface area contributed by atoms with Crippen LogP contribution >= 0.6 is 0 Å². The van der Waals surface area contributed by atoms with Crippen molar-refractivity contribution in [3.63, 3.8) is 0 Å². The molecule has 4 heteroatoms. The Kier molecular flexibility index (Phi) is 5.68. The number of rotatable bonds is 7. The minimum absolute atomic E-state index is 0.524. The average Bonchev–Trinajstić information content (AvgIpc) is 2.81. The maximum atomic E-state index is 5.86. The molecule has 0 radical (unpaired) electrons. The minimum atomic E-state index is 0.524. The van der Waals surface area contributed by atoms with Crippen molar-refractivity contribution in [2.24, 2.45) is 0 Å². The van der Waals surface area contributed by atoms with E-state index in [0.29, 0.717) is 6.10 Å². The van der Waals surface area contributed by atoms with E-state index in [9.17, 15) is 0 Å². The first-order chi connectivity index (χ1) is 8.86. The van der Waals surface area contributed by atoms with Crippen molar-refractivity contribution in [3.8, 4) is 0 Å². The first-order valence-corrected chi connectivity index (χ1v) is 7.16. The standard InChI is InChI=1S/C14H25N3O/c1-13-16-8-11-17(13)10-7-15-9-12-18-14-5-3-2-4-6-14/h8,11,14-15H,2-7,9-10,12H2,1H3. The summed E-state index contributed by atoms with van der Waals surface area (Å²) in [7, 11) is 0. The molecule has 1 aliphatic carbocycles. The van der Waals surface area contributed by atoms with Crippen LogP contribution in [-0.2, 0) is 11.3 Å². The molecule has 0 unspecified atom stereocenters. The molecule has 0 atom stereocenters. The van der Waals surface area contributed by atoms with Gasteiger partial charge in [-0.25, -0.2) is 4.98 Å². The largest absolute Gasteiger partial charge is 0.377 e. The van der Waals surface area contributed by atoms with E-state index in [4.69, 9.17) is 4.74 Å². The van der Waals surface area contributed by atoms with E-state index in [1.165, 1.54) is 32.1 Å². The molecule has 0 aliphatic heterocycles. The van der Waals surface area contributed by atoms with Gasteiger partial charge in [0.2, 0.25) is 0 Å². The summed E-state index contributed by atoms with van der Waals surface area (Å²) in [5.41, 5.74) is 0. The Hall–Kier alpha value is -0.870. The molecule has 1 N–H and O–H groups in total. The lowest BCUT2D eigenvalue weighted by Gasteiger charge is -2.22. The van der Waals surface area contributed by atoms with E-state index in [-0.39, 0.29) is 0 Å². The lowest BCUT2D eigenvalue weighted by atomic mass is 9.98. The Morgan fingerprint density at radius 1 is 1.33 bits per heavy atom. The molecule has 0 bridgehead atoms. The second-order valence-corrected chi connectivity index (χ2v) is 5.05. The highest BCUT2D eigenvalue weighted by molar-refractivity contribution is 4.88. The van der Waals surface area contributed by atoms with Crippen molar-refractivity contribution in [3.05, 3.63) is 18.2 Å². The lowest BCUT2D eigenvalue weighted by Crippen LogP contribution is -2.27. The monoisotopic (exact) mass is 251 g/mol. The number of hydrogen-bond donors (Lipinski definition) is 1. The molecule has 1 aromatic heterocycles. The van der Waals surface area contributed by atoms with Crippen LogP contribution in [0.25, 0.3) is 0 Å². The molecule has 0 aromatic carbocycles. The predicted octanol–water partition coefficient (Wildman–Crippen LogP) is 2.13. The lowest BCUT2D eigenvalue weighted by molar-refractivity contribution is 0.0303. The first kappa shape index (κ1) is 13.6. The van der Waals surface area contributed by atoms with Crippen LogP contribution in [0.15, 0.2) is 12.4 Å². The van der Waals surface area contributed by atoms with Crippen molar-refractivity contribution in [1.29, 1.82) is 0 Å². The Morgan fingerprint density at radius 2 is 2.17 bits per heavy atom. The summed E-state index contributed by atoms with van der Waals surface area (Å²) in [6.45, 7) is 5.78. The van der Waals surface area contributed by atoms with Gasteiger partial charge in [0.25, 0.3) is 0 Å². The number of nitrogens with zero attached hydrogens (tertiary/aromatic N) is 2. The zero-order valence-electron chi connectivity index (χ0n) is 11.4. The molecule has 1 saturated carbocycles. The summed E-state index contributed by atoms with van der Waals surface area (Å²) in [6, 6.07) is 0. The normalized spacial score (nSPS) is 17.2. The van der Waals surface area contributed by atoms with Gasteiger partial charge in [-0.05, 0) is 19.8 Å². The summed E-state index contributed by atoms with van der Waals surface area (Å²) in [5, 5.41) is 3.42. The van der Waals surface area contributed by atoms with Gasteiger partial charge >= 0.3 is 0 Å². The van der Waals surface area contributed by atoms with E-state index in [0.717, 1.165) is 32.1 Å². The quantitative estimate of drug-likeness (QED) is 0.755. The summed E-state index contributed by atoms with van der Waals surface area (Å²) in [4.78, 5) is 4.20. The average molecular weight is 251 g/mol. The molecule has 1 fully saturated rings. The van der Waals surface area contributed by atoms with Crippen LogP contribution in [0.5, 0.6) is 0 Å². The third kappa shape index (κ3) is 4.42. The van der Waals surface area contributed by atoms with Gasteiger partial charge in [0.15, 0.2) is 0 Å². The van der Waals surface area contributed by atoms with E-state index in [1.54, 1.807) is 0 Å². The number of hydrogen-bond acceptors (Lipinski definition) is 3. The number of aryl methyl sites for hydroxylation is 1. The van der Waals surface area contributed by atoms with Crippen LogP contribution < -0.4 is 5.32 Å². The van der Waals surface area contributed by atoms with Crippen molar-refractivity contribution in [1.82, 2.24) is 14.9 Å². The predicted molar refractivity (Wildman–Crippen MR) is 72.7 cm³/mol. The Labute approximate surface area is 110 Å². The topological polar surface area (TPSA) is 39.1 Å². The Morgan fingerprint density at radius 3 is 2.89 bits per heavy atom. The fourth-order valence-corrected chi connectivity index (χ4v) is 2.49. The SMILES string of the molecule is Cc1nccn1CCNCCOC1CCCCC1. The number of imidazole rings is 1. The van der Waals surface area contributed by atoms with Crippen LogP contribution in [0.1, 0.15) is 37.9 Å². The first-order valence-electron chi connectivity index (χ1n) is 7.16. The van der Waals surface area contributed by atoms with Crippen molar-refractivity contribution in [2.45, 2.75) is 51.7 Å². The van der Waals surface area contributed by atoms with Gasteiger partial charge in [-0.1, -0.05) is 19.3 Å². The van der Waals surface area contributed by atoms with Crippen LogP contribution in [0.4, 0.5) is 0 Å². The van der Waals surface area contributed by atoms with E-state index >= 15 is 0 Å². The highest BCUT2D eigenvalue weighted by atomic mass is 16.5. The summed E-state index contributed by atoms with van der Waals surface area (Å²) in [5.74, 6) is 1.08. The van der Waals surface area contributed by atoms with Crippen molar-refractivity contribution >= 4 is 0 Å². The summed E-state index contributed by atoms with van der Waals surface area (Å²) < 4.78 is 8.02. The molecular weight excluding hydrogens is 226 g/mol. The number of aromatic nitrogens is 2. The van der Waals surface area contributed by atoms with Gasteiger partial charge in [0.05, 0.1) is 12.7 Å². The Balaban J connectivity index is 1.47. The van der Waals surface area contributed by atoms with Crippen molar-refractivity contribution < 1.29 is 4.74 Å². The number of ether oxygens (including phenoxy) is 1. The molecule has 4 nitrogen and oxygen atoms in total. The highest BCUT2D eigenvalue weighted by Crippen LogP contribution is 2.19. The molecule has 0 saturated heterocycles. The van der Waals surface area contributed by atoms with Gasteiger partial charge in [0, 0.05) is 32.0 Å². The van der Waals surface area contributed by atoms with Gasteiger partial charge in [0.1, 0.15) is 5.82 Å². The summed E-state index contributed by atoms with van der Waals surface area (Å²) >= 11 is 0. The molecule has 2 rings (SSSR count). The van der Waals surface area contributed by atoms with Gasteiger partial charge in [-0.15, -0.1) is 0 Å². The second kappa shape index (κ2) is 7.54. The van der Waals surface area contributed by atoms with Crippen molar-refractivity contribution in [2.75, 3.05) is 19.7 Å². The van der Waals surface area contributed by atoms with Gasteiger partial charge in [-0.3, -0.25) is 0 Å². The smallest absolute Gasteiger partial charge is 0.105 e. The molecule has 1 heterocycles. The van der Waals surface area contributed by atoms with Gasteiger partial charge < -0.3 is 14.6 Å².